The predicted molar refractivity (Wildman–Crippen MR) is 48.1 cm³/mol. The van der Waals surface area contributed by atoms with Gasteiger partial charge in [-0.05, 0) is 5.41 Å². The topological polar surface area (TPSA) is 39.9 Å². The van der Waals surface area contributed by atoms with Crippen LogP contribution in [0.1, 0.15) is 26.6 Å². The SMILES string of the molecule is CC(C)(C)C1Cn2cnnc2CO1. The van der Waals surface area contributed by atoms with Gasteiger partial charge >= 0.3 is 0 Å². The van der Waals surface area contributed by atoms with Gasteiger partial charge in [0.25, 0.3) is 0 Å². The van der Waals surface area contributed by atoms with E-state index >= 15 is 0 Å². The summed E-state index contributed by atoms with van der Waals surface area (Å²) in [7, 11) is 0. The Morgan fingerprint density at radius 2 is 2.31 bits per heavy atom. The number of rotatable bonds is 0. The Labute approximate surface area is 77.9 Å². The summed E-state index contributed by atoms with van der Waals surface area (Å²) in [6, 6.07) is 0. The van der Waals surface area contributed by atoms with Gasteiger partial charge in [0.2, 0.25) is 0 Å². The summed E-state index contributed by atoms with van der Waals surface area (Å²) in [6.07, 6.45) is 2.03. The lowest BCUT2D eigenvalue weighted by molar-refractivity contribution is -0.0593. The number of nitrogens with zero attached hydrogens (tertiary/aromatic N) is 3. The van der Waals surface area contributed by atoms with Gasteiger partial charge in [-0.2, -0.15) is 0 Å². The molecule has 0 amide bonds. The molecule has 0 fully saturated rings. The summed E-state index contributed by atoms with van der Waals surface area (Å²) in [5.41, 5.74) is 0.182. The molecule has 1 aromatic rings. The van der Waals surface area contributed by atoms with Gasteiger partial charge in [0.15, 0.2) is 5.82 Å². The molecule has 4 nitrogen and oxygen atoms in total. The summed E-state index contributed by atoms with van der Waals surface area (Å²) in [4.78, 5) is 0. The standard InChI is InChI=1S/C9H15N3O/c1-9(2,3)7-4-12-6-10-11-8(12)5-13-7/h6-7H,4-5H2,1-3H3. The van der Waals surface area contributed by atoms with Gasteiger partial charge < -0.3 is 9.30 Å². The molecule has 1 aliphatic rings. The van der Waals surface area contributed by atoms with E-state index in [1.807, 2.05) is 0 Å². The first-order valence-electron chi connectivity index (χ1n) is 4.55. The van der Waals surface area contributed by atoms with E-state index in [2.05, 4.69) is 35.5 Å². The van der Waals surface area contributed by atoms with Gasteiger partial charge in [0.05, 0.1) is 12.6 Å². The van der Waals surface area contributed by atoms with Crippen LogP contribution in [0.3, 0.4) is 0 Å². The van der Waals surface area contributed by atoms with E-state index in [0.717, 1.165) is 12.4 Å². The molecule has 0 saturated carbocycles. The van der Waals surface area contributed by atoms with Crippen molar-refractivity contribution < 1.29 is 4.74 Å². The highest BCUT2D eigenvalue weighted by Crippen LogP contribution is 2.27. The zero-order chi connectivity index (χ0) is 9.47. The van der Waals surface area contributed by atoms with Crippen molar-refractivity contribution in [3.63, 3.8) is 0 Å². The van der Waals surface area contributed by atoms with Crippen LogP contribution in [0.4, 0.5) is 0 Å². The monoisotopic (exact) mass is 181 g/mol. The summed E-state index contributed by atoms with van der Waals surface area (Å²) in [6.45, 7) is 8.01. The van der Waals surface area contributed by atoms with E-state index in [1.165, 1.54) is 0 Å². The fraction of sp³-hybridized carbons (Fsp3) is 0.778. The first-order valence-corrected chi connectivity index (χ1v) is 4.55. The molecule has 1 atom stereocenters. The molecule has 1 unspecified atom stereocenters. The van der Waals surface area contributed by atoms with Crippen LogP contribution in [0.25, 0.3) is 0 Å². The van der Waals surface area contributed by atoms with Crippen molar-refractivity contribution >= 4 is 0 Å². The van der Waals surface area contributed by atoms with Crippen LogP contribution < -0.4 is 0 Å². The fourth-order valence-corrected chi connectivity index (χ4v) is 1.47. The van der Waals surface area contributed by atoms with Gasteiger partial charge in [0, 0.05) is 0 Å². The minimum Gasteiger partial charge on any atom is -0.368 e. The van der Waals surface area contributed by atoms with Crippen LogP contribution in [0.15, 0.2) is 6.33 Å². The smallest absolute Gasteiger partial charge is 0.158 e. The van der Waals surface area contributed by atoms with Gasteiger partial charge in [-0.1, -0.05) is 20.8 Å². The lowest BCUT2D eigenvalue weighted by atomic mass is 9.88. The third-order valence-corrected chi connectivity index (χ3v) is 2.44. The molecule has 0 N–H and O–H groups in total. The third kappa shape index (κ3) is 1.58. The summed E-state index contributed by atoms with van der Waals surface area (Å²) in [5.74, 6) is 0.931. The first-order chi connectivity index (χ1) is 6.07. The highest BCUT2D eigenvalue weighted by atomic mass is 16.5. The molecular weight excluding hydrogens is 166 g/mol. The molecule has 2 rings (SSSR count). The highest BCUT2D eigenvalue weighted by molar-refractivity contribution is 4.90. The Balaban J connectivity index is 2.18. The van der Waals surface area contributed by atoms with Gasteiger partial charge in [-0.3, -0.25) is 0 Å². The third-order valence-electron chi connectivity index (χ3n) is 2.44. The molecule has 2 heterocycles. The molecule has 4 heteroatoms. The fourth-order valence-electron chi connectivity index (χ4n) is 1.47. The van der Waals surface area contributed by atoms with Crippen molar-refractivity contribution in [1.29, 1.82) is 0 Å². The minimum atomic E-state index is 0.182. The maximum absolute atomic E-state index is 5.70. The lowest BCUT2D eigenvalue weighted by Crippen LogP contribution is -2.37. The molecule has 72 valence electrons. The summed E-state index contributed by atoms with van der Waals surface area (Å²) >= 11 is 0. The van der Waals surface area contributed by atoms with Crippen molar-refractivity contribution in [2.24, 2.45) is 5.41 Å². The van der Waals surface area contributed by atoms with Crippen LogP contribution in [0.2, 0.25) is 0 Å². The van der Waals surface area contributed by atoms with Gasteiger partial charge in [-0.15, -0.1) is 10.2 Å². The largest absolute Gasteiger partial charge is 0.368 e. The van der Waals surface area contributed by atoms with Crippen LogP contribution >= 0.6 is 0 Å². The van der Waals surface area contributed by atoms with E-state index in [4.69, 9.17) is 4.74 Å². The molecule has 1 aromatic heterocycles. The van der Waals surface area contributed by atoms with Crippen LogP contribution in [0.5, 0.6) is 0 Å². The Hall–Kier alpha value is -0.900. The molecule has 1 aliphatic heterocycles. The second-order valence-corrected chi connectivity index (χ2v) is 4.57. The zero-order valence-corrected chi connectivity index (χ0v) is 8.32. The van der Waals surface area contributed by atoms with E-state index in [-0.39, 0.29) is 11.5 Å². The predicted octanol–water partition coefficient (Wildman–Crippen LogP) is 1.22. The molecule has 0 aromatic carbocycles. The number of hydrogen-bond donors (Lipinski definition) is 0. The molecule has 0 aliphatic carbocycles. The van der Waals surface area contributed by atoms with Crippen molar-refractivity contribution in [2.75, 3.05) is 0 Å². The summed E-state index contributed by atoms with van der Waals surface area (Å²) < 4.78 is 7.77. The molecule has 0 radical (unpaired) electrons. The average molecular weight is 181 g/mol. The van der Waals surface area contributed by atoms with Crippen LogP contribution in [-0.2, 0) is 17.9 Å². The average Bonchev–Trinajstić information content (AvgIpc) is 2.47. The van der Waals surface area contributed by atoms with Gasteiger partial charge in [0.1, 0.15) is 12.9 Å². The Kier molecular flexibility index (Phi) is 1.87. The number of hydrogen-bond acceptors (Lipinski definition) is 3. The Morgan fingerprint density at radius 1 is 1.54 bits per heavy atom. The summed E-state index contributed by atoms with van der Waals surface area (Å²) in [5, 5.41) is 7.81. The lowest BCUT2D eigenvalue weighted by Gasteiger charge is -2.33. The van der Waals surface area contributed by atoms with Crippen molar-refractivity contribution in [2.45, 2.75) is 40.0 Å². The Bertz CT molecular complexity index is 300. The second-order valence-electron chi connectivity index (χ2n) is 4.57. The molecule has 13 heavy (non-hydrogen) atoms. The van der Waals surface area contributed by atoms with Crippen LogP contribution in [-0.4, -0.2) is 20.9 Å². The highest BCUT2D eigenvalue weighted by Gasteiger charge is 2.30. The zero-order valence-electron chi connectivity index (χ0n) is 8.32. The van der Waals surface area contributed by atoms with Crippen molar-refractivity contribution in [3.05, 3.63) is 12.2 Å². The van der Waals surface area contributed by atoms with E-state index < -0.39 is 0 Å². The van der Waals surface area contributed by atoms with Crippen molar-refractivity contribution in [3.8, 4) is 0 Å². The minimum absolute atomic E-state index is 0.182. The van der Waals surface area contributed by atoms with E-state index in [9.17, 15) is 0 Å². The first kappa shape index (κ1) is 8.69. The van der Waals surface area contributed by atoms with Crippen LogP contribution in [0, 0.1) is 5.41 Å². The molecule has 0 spiro atoms. The maximum Gasteiger partial charge on any atom is 0.158 e. The van der Waals surface area contributed by atoms with Gasteiger partial charge in [-0.25, -0.2) is 0 Å². The number of fused-ring (bicyclic) bond motifs is 1. The molecule has 0 bridgehead atoms. The molecular formula is C9H15N3O. The maximum atomic E-state index is 5.70. The van der Waals surface area contributed by atoms with Crippen molar-refractivity contribution in [1.82, 2.24) is 14.8 Å². The normalized spacial score (nSPS) is 22.8. The number of ether oxygens (including phenoxy) is 1. The van der Waals surface area contributed by atoms with E-state index in [0.29, 0.717) is 6.61 Å². The Morgan fingerprint density at radius 3 is 3.00 bits per heavy atom. The van der Waals surface area contributed by atoms with E-state index in [1.54, 1.807) is 6.33 Å². The molecule has 0 saturated heterocycles. The quantitative estimate of drug-likeness (QED) is 0.604. The second kappa shape index (κ2) is 2.80. The number of aromatic nitrogens is 3.